The fraction of sp³-hybridized carbons (Fsp3) is 0.500. The van der Waals surface area contributed by atoms with Gasteiger partial charge in [0.15, 0.2) is 0 Å². The third kappa shape index (κ3) is 2.52. The van der Waals surface area contributed by atoms with Crippen LogP contribution in [0.3, 0.4) is 0 Å². The van der Waals surface area contributed by atoms with Gasteiger partial charge in [-0.15, -0.1) is 0 Å². The molecular formula is C12H19N3O. The van der Waals surface area contributed by atoms with Crippen molar-refractivity contribution < 1.29 is 5.11 Å². The van der Waals surface area contributed by atoms with Gasteiger partial charge in [-0.2, -0.15) is 0 Å². The molecule has 1 aliphatic rings. The van der Waals surface area contributed by atoms with Crippen molar-refractivity contribution in [2.24, 2.45) is 5.73 Å². The molecule has 16 heavy (non-hydrogen) atoms. The van der Waals surface area contributed by atoms with Crippen molar-refractivity contribution in [1.82, 2.24) is 5.32 Å². The second kappa shape index (κ2) is 5.30. The van der Waals surface area contributed by atoms with Crippen LogP contribution in [0.1, 0.15) is 11.6 Å². The Morgan fingerprint density at radius 2 is 1.88 bits per heavy atom. The SMILES string of the molecule is N[C@@H](CO)c1ccc(N2CCNCC2)cc1. The largest absolute Gasteiger partial charge is 0.394 e. The zero-order valence-corrected chi connectivity index (χ0v) is 9.39. The number of hydrogen-bond acceptors (Lipinski definition) is 4. The van der Waals surface area contributed by atoms with Gasteiger partial charge in [0.1, 0.15) is 0 Å². The van der Waals surface area contributed by atoms with Crippen LogP contribution in [0.15, 0.2) is 24.3 Å². The Morgan fingerprint density at radius 3 is 2.44 bits per heavy atom. The van der Waals surface area contributed by atoms with Crippen LogP contribution in [0.5, 0.6) is 0 Å². The summed E-state index contributed by atoms with van der Waals surface area (Å²) < 4.78 is 0. The molecule has 1 aromatic rings. The van der Waals surface area contributed by atoms with Crippen LogP contribution >= 0.6 is 0 Å². The summed E-state index contributed by atoms with van der Waals surface area (Å²) in [4.78, 5) is 2.35. The Balaban J connectivity index is 2.06. The van der Waals surface area contributed by atoms with E-state index in [9.17, 15) is 0 Å². The van der Waals surface area contributed by atoms with Crippen LogP contribution in [-0.2, 0) is 0 Å². The number of aliphatic hydroxyl groups is 1. The first-order chi connectivity index (χ1) is 7.81. The van der Waals surface area contributed by atoms with E-state index in [1.165, 1.54) is 5.69 Å². The first-order valence-corrected chi connectivity index (χ1v) is 5.73. The zero-order valence-electron chi connectivity index (χ0n) is 9.39. The van der Waals surface area contributed by atoms with E-state index < -0.39 is 0 Å². The van der Waals surface area contributed by atoms with Gasteiger partial charge >= 0.3 is 0 Å². The van der Waals surface area contributed by atoms with Crippen molar-refractivity contribution in [3.05, 3.63) is 29.8 Å². The second-order valence-electron chi connectivity index (χ2n) is 4.12. The highest BCUT2D eigenvalue weighted by atomic mass is 16.3. The Bertz CT molecular complexity index is 320. The Kier molecular flexibility index (Phi) is 3.77. The molecule has 4 nitrogen and oxygen atoms in total. The highest BCUT2D eigenvalue weighted by molar-refractivity contribution is 5.48. The number of hydrogen-bond donors (Lipinski definition) is 3. The molecule has 0 bridgehead atoms. The average molecular weight is 221 g/mol. The number of aliphatic hydroxyl groups excluding tert-OH is 1. The molecule has 0 saturated carbocycles. The van der Waals surface area contributed by atoms with Crippen LogP contribution in [0.2, 0.25) is 0 Å². The summed E-state index contributed by atoms with van der Waals surface area (Å²) in [5.74, 6) is 0. The third-order valence-corrected chi connectivity index (χ3v) is 3.00. The van der Waals surface area contributed by atoms with Gasteiger partial charge in [0, 0.05) is 31.9 Å². The summed E-state index contributed by atoms with van der Waals surface area (Å²) in [7, 11) is 0. The molecule has 1 atom stereocenters. The van der Waals surface area contributed by atoms with E-state index >= 15 is 0 Å². The van der Waals surface area contributed by atoms with E-state index in [-0.39, 0.29) is 12.6 Å². The summed E-state index contributed by atoms with van der Waals surface area (Å²) in [6.07, 6.45) is 0. The third-order valence-electron chi connectivity index (χ3n) is 3.00. The molecule has 1 heterocycles. The summed E-state index contributed by atoms with van der Waals surface area (Å²) in [5, 5.41) is 12.3. The molecule has 0 spiro atoms. The van der Waals surface area contributed by atoms with Gasteiger partial charge in [-0.25, -0.2) is 0 Å². The van der Waals surface area contributed by atoms with E-state index in [4.69, 9.17) is 10.8 Å². The van der Waals surface area contributed by atoms with Gasteiger partial charge < -0.3 is 21.1 Å². The molecule has 4 N–H and O–H groups in total. The van der Waals surface area contributed by atoms with Gasteiger partial charge in [-0.3, -0.25) is 0 Å². The lowest BCUT2D eigenvalue weighted by Gasteiger charge is -2.29. The van der Waals surface area contributed by atoms with Crippen molar-refractivity contribution in [1.29, 1.82) is 0 Å². The van der Waals surface area contributed by atoms with Gasteiger partial charge in [-0.05, 0) is 17.7 Å². The standard InChI is InChI=1S/C12H19N3O/c13-12(9-16)10-1-3-11(4-2-10)15-7-5-14-6-8-15/h1-4,12,14,16H,5-9,13H2/t12-/m0/s1. The Morgan fingerprint density at radius 1 is 1.25 bits per heavy atom. The molecule has 2 rings (SSSR count). The molecule has 0 amide bonds. The number of benzene rings is 1. The fourth-order valence-corrected chi connectivity index (χ4v) is 1.96. The second-order valence-corrected chi connectivity index (χ2v) is 4.12. The van der Waals surface area contributed by atoms with E-state index in [0.717, 1.165) is 31.7 Å². The number of nitrogens with zero attached hydrogens (tertiary/aromatic N) is 1. The first-order valence-electron chi connectivity index (χ1n) is 5.73. The molecule has 4 heteroatoms. The molecule has 0 unspecified atom stereocenters. The van der Waals surface area contributed by atoms with Crippen LogP contribution in [0.25, 0.3) is 0 Å². The van der Waals surface area contributed by atoms with E-state index in [2.05, 4.69) is 22.3 Å². The van der Waals surface area contributed by atoms with Gasteiger partial charge in [0.2, 0.25) is 0 Å². The van der Waals surface area contributed by atoms with Crippen molar-refractivity contribution in [2.75, 3.05) is 37.7 Å². The lowest BCUT2D eigenvalue weighted by Crippen LogP contribution is -2.43. The van der Waals surface area contributed by atoms with Gasteiger partial charge in [0.25, 0.3) is 0 Å². The number of nitrogens with two attached hydrogens (primary N) is 1. The molecule has 0 aliphatic carbocycles. The highest BCUT2D eigenvalue weighted by Gasteiger charge is 2.10. The lowest BCUT2D eigenvalue weighted by molar-refractivity contribution is 0.268. The molecule has 1 fully saturated rings. The minimum atomic E-state index is -0.267. The van der Waals surface area contributed by atoms with Crippen LogP contribution in [-0.4, -0.2) is 37.9 Å². The number of rotatable bonds is 3. The topological polar surface area (TPSA) is 61.5 Å². The zero-order chi connectivity index (χ0) is 11.4. The Hall–Kier alpha value is -1.10. The first kappa shape index (κ1) is 11.4. The quantitative estimate of drug-likeness (QED) is 0.677. The molecule has 0 aromatic heterocycles. The smallest absolute Gasteiger partial charge is 0.0624 e. The molecule has 1 aliphatic heterocycles. The highest BCUT2D eigenvalue weighted by Crippen LogP contribution is 2.18. The van der Waals surface area contributed by atoms with Crippen molar-refractivity contribution in [3.63, 3.8) is 0 Å². The summed E-state index contributed by atoms with van der Waals surface area (Å²) in [5.41, 5.74) is 7.97. The number of piperazine rings is 1. The van der Waals surface area contributed by atoms with Gasteiger partial charge in [-0.1, -0.05) is 12.1 Å². The van der Waals surface area contributed by atoms with Crippen molar-refractivity contribution in [3.8, 4) is 0 Å². The maximum atomic E-state index is 8.96. The van der Waals surface area contributed by atoms with Crippen molar-refractivity contribution in [2.45, 2.75) is 6.04 Å². The van der Waals surface area contributed by atoms with Crippen LogP contribution < -0.4 is 16.0 Å². The summed E-state index contributed by atoms with van der Waals surface area (Å²) >= 11 is 0. The Labute approximate surface area is 96.1 Å². The fourth-order valence-electron chi connectivity index (χ4n) is 1.96. The maximum Gasteiger partial charge on any atom is 0.0624 e. The molecule has 1 aromatic carbocycles. The molecular weight excluding hydrogens is 202 g/mol. The normalized spacial score (nSPS) is 18.5. The lowest BCUT2D eigenvalue weighted by atomic mass is 10.1. The van der Waals surface area contributed by atoms with E-state index in [1.807, 2.05) is 12.1 Å². The predicted molar refractivity (Wildman–Crippen MR) is 65.5 cm³/mol. The molecule has 1 saturated heterocycles. The minimum Gasteiger partial charge on any atom is -0.394 e. The van der Waals surface area contributed by atoms with Crippen LogP contribution in [0, 0.1) is 0 Å². The number of anilines is 1. The maximum absolute atomic E-state index is 8.96. The van der Waals surface area contributed by atoms with E-state index in [1.54, 1.807) is 0 Å². The average Bonchev–Trinajstić information content (AvgIpc) is 2.39. The summed E-state index contributed by atoms with van der Waals surface area (Å²) in [6.45, 7) is 4.17. The number of nitrogens with one attached hydrogen (secondary N) is 1. The van der Waals surface area contributed by atoms with Crippen LogP contribution in [0.4, 0.5) is 5.69 Å². The monoisotopic (exact) mass is 221 g/mol. The predicted octanol–water partition coefficient (Wildman–Crippen LogP) is 0.0883. The van der Waals surface area contributed by atoms with Gasteiger partial charge in [0.05, 0.1) is 12.6 Å². The minimum absolute atomic E-state index is 0.00696. The molecule has 88 valence electrons. The summed E-state index contributed by atoms with van der Waals surface area (Å²) in [6, 6.07) is 7.89. The van der Waals surface area contributed by atoms with E-state index in [0.29, 0.717) is 0 Å². The molecule has 0 radical (unpaired) electrons. The van der Waals surface area contributed by atoms with Crippen molar-refractivity contribution >= 4 is 5.69 Å².